The Morgan fingerprint density at radius 2 is 2.00 bits per heavy atom. The van der Waals surface area contributed by atoms with E-state index in [0.717, 1.165) is 46.5 Å². The SMILES string of the molecule is CC1=C/CC/C(c2cnn(C(=O)NCc3cnc(-c4ccnc(C)c4)c(C)c3)c2)=C/C=C\1. The zero-order valence-corrected chi connectivity index (χ0v) is 18.7. The van der Waals surface area contributed by atoms with Gasteiger partial charge in [-0.25, -0.2) is 4.79 Å². The van der Waals surface area contributed by atoms with E-state index in [1.165, 1.54) is 15.8 Å². The lowest BCUT2D eigenvalue weighted by atomic mass is 10.0. The molecule has 1 aliphatic rings. The van der Waals surface area contributed by atoms with Crippen molar-refractivity contribution in [1.29, 1.82) is 0 Å². The van der Waals surface area contributed by atoms with Crippen LogP contribution in [0.15, 0.2) is 72.9 Å². The van der Waals surface area contributed by atoms with Gasteiger partial charge < -0.3 is 5.32 Å². The van der Waals surface area contributed by atoms with Crippen LogP contribution in [-0.4, -0.2) is 25.8 Å². The molecular weight excluding hydrogens is 398 g/mol. The molecule has 3 aromatic heterocycles. The van der Waals surface area contributed by atoms with E-state index in [0.29, 0.717) is 6.54 Å². The molecule has 6 nitrogen and oxygen atoms in total. The highest BCUT2D eigenvalue weighted by Gasteiger charge is 2.11. The first-order valence-corrected chi connectivity index (χ1v) is 10.8. The fourth-order valence-corrected chi connectivity index (χ4v) is 3.75. The van der Waals surface area contributed by atoms with Gasteiger partial charge in [-0.2, -0.15) is 9.78 Å². The molecule has 1 aliphatic carbocycles. The van der Waals surface area contributed by atoms with Crippen LogP contribution in [0.3, 0.4) is 0 Å². The van der Waals surface area contributed by atoms with Crippen molar-refractivity contribution < 1.29 is 4.79 Å². The fourth-order valence-electron chi connectivity index (χ4n) is 3.75. The molecule has 0 spiro atoms. The normalized spacial score (nSPS) is 18.0. The predicted molar refractivity (Wildman–Crippen MR) is 127 cm³/mol. The average molecular weight is 426 g/mol. The van der Waals surface area contributed by atoms with E-state index in [1.807, 2.05) is 38.1 Å². The van der Waals surface area contributed by atoms with Gasteiger partial charge in [-0.05, 0) is 62.4 Å². The number of carbonyl (C=O) groups is 1. The maximum absolute atomic E-state index is 12.6. The van der Waals surface area contributed by atoms with Crippen molar-refractivity contribution in [2.45, 2.75) is 40.2 Å². The zero-order valence-electron chi connectivity index (χ0n) is 18.7. The highest BCUT2D eigenvalue weighted by atomic mass is 16.2. The van der Waals surface area contributed by atoms with Crippen LogP contribution in [0.4, 0.5) is 4.79 Å². The van der Waals surface area contributed by atoms with Crippen molar-refractivity contribution in [1.82, 2.24) is 25.1 Å². The second-order valence-electron chi connectivity index (χ2n) is 8.07. The maximum atomic E-state index is 12.6. The van der Waals surface area contributed by atoms with Crippen LogP contribution in [0.2, 0.25) is 0 Å². The summed E-state index contributed by atoms with van der Waals surface area (Å²) in [5.41, 5.74) is 8.32. The Kier molecular flexibility index (Phi) is 6.40. The van der Waals surface area contributed by atoms with Gasteiger partial charge in [0.05, 0.1) is 11.9 Å². The summed E-state index contributed by atoms with van der Waals surface area (Å²) in [4.78, 5) is 21.5. The highest BCUT2D eigenvalue weighted by Crippen LogP contribution is 2.23. The van der Waals surface area contributed by atoms with E-state index in [4.69, 9.17) is 0 Å². The number of nitrogens with zero attached hydrogens (tertiary/aromatic N) is 4. The number of aryl methyl sites for hydroxylation is 2. The number of aromatic nitrogens is 4. The van der Waals surface area contributed by atoms with Crippen LogP contribution >= 0.6 is 0 Å². The van der Waals surface area contributed by atoms with Crippen molar-refractivity contribution in [3.05, 3.63) is 95.2 Å². The third kappa shape index (κ3) is 5.09. The molecule has 0 bridgehead atoms. The Bertz CT molecular complexity index is 1230. The molecule has 0 aromatic carbocycles. The van der Waals surface area contributed by atoms with Crippen LogP contribution in [0.25, 0.3) is 16.8 Å². The Morgan fingerprint density at radius 1 is 1.12 bits per heavy atom. The number of amides is 1. The number of rotatable bonds is 4. The van der Waals surface area contributed by atoms with Gasteiger partial charge in [0.1, 0.15) is 0 Å². The first-order chi connectivity index (χ1) is 15.5. The molecule has 0 saturated heterocycles. The quantitative estimate of drug-likeness (QED) is 0.608. The summed E-state index contributed by atoms with van der Waals surface area (Å²) in [6.07, 6.45) is 17.5. The number of hydrogen-bond donors (Lipinski definition) is 1. The summed E-state index contributed by atoms with van der Waals surface area (Å²) in [5, 5.41) is 7.18. The molecule has 0 unspecified atom stereocenters. The van der Waals surface area contributed by atoms with E-state index >= 15 is 0 Å². The van der Waals surface area contributed by atoms with E-state index in [2.05, 4.69) is 45.5 Å². The second-order valence-corrected chi connectivity index (χ2v) is 8.07. The molecule has 0 atom stereocenters. The second kappa shape index (κ2) is 9.56. The number of allylic oxidation sites excluding steroid dienone is 6. The lowest BCUT2D eigenvalue weighted by molar-refractivity contribution is 0.239. The summed E-state index contributed by atoms with van der Waals surface area (Å²) in [6.45, 7) is 6.47. The standard InChI is InChI=1S/C26H27N5O/c1-18-6-4-8-22(9-5-7-18)24-16-30-31(17-24)26(32)29-15-21-12-19(2)25(28-14-21)23-10-11-27-20(3)13-23/h4,6-8,10-14,16-17H,5,9,15H2,1-3H3,(H,29,32)/b6-4-,18-7-,22-8-. The van der Waals surface area contributed by atoms with Gasteiger partial charge >= 0.3 is 6.03 Å². The number of nitrogens with one attached hydrogen (secondary N) is 1. The fraction of sp³-hybridized carbons (Fsp3) is 0.231. The van der Waals surface area contributed by atoms with Gasteiger partial charge in [-0.1, -0.05) is 35.9 Å². The highest BCUT2D eigenvalue weighted by molar-refractivity contribution is 5.77. The molecule has 0 fully saturated rings. The monoisotopic (exact) mass is 425 g/mol. The lowest BCUT2D eigenvalue weighted by Gasteiger charge is -2.09. The topological polar surface area (TPSA) is 72.7 Å². The Morgan fingerprint density at radius 3 is 2.81 bits per heavy atom. The Labute approximate surface area is 188 Å². The summed E-state index contributed by atoms with van der Waals surface area (Å²) >= 11 is 0. The van der Waals surface area contributed by atoms with Crippen molar-refractivity contribution in [2.75, 3.05) is 0 Å². The first kappa shape index (κ1) is 21.4. The minimum absolute atomic E-state index is 0.263. The van der Waals surface area contributed by atoms with Gasteiger partial charge in [-0.15, -0.1) is 0 Å². The van der Waals surface area contributed by atoms with Gasteiger partial charge in [0.2, 0.25) is 0 Å². The van der Waals surface area contributed by atoms with E-state index in [9.17, 15) is 4.79 Å². The van der Waals surface area contributed by atoms with Crippen LogP contribution in [-0.2, 0) is 6.54 Å². The summed E-state index contributed by atoms with van der Waals surface area (Å²) in [7, 11) is 0. The molecule has 32 heavy (non-hydrogen) atoms. The molecule has 0 aliphatic heterocycles. The third-order valence-electron chi connectivity index (χ3n) is 5.45. The average Bonchev–Trinajstić information content (AvgIpc) is 3.25. The Hall–Kier alpha value is -3.80. The zero-order chi connectivity index (χ0) is 22.5. The summed E-state index contributed by atoms with van der Waals surface area (Å²) in [5.74, 6) is 0. The molecule has 3 aromatic rings. The minimum Gasteiger partial charge on any atom is -0.332 e. The third-order valence-corrected chi connectivity index (χ3v) is 5.45. The number of hydrogen-bond acceptors (Lipinski definition) is 4. The van der Waals surface area contributed by atoms with Crippen LogP contribution in [0.5, 0.6) is 0 Å². The summed E-state index contributed by atoms with van der Waals surface area (Å²) < 4.78 is 1.36. The predicted octanol–water partition coefficient (Wildman–Crippen LogP) is 5.39. The van der Waals surface area contributed by atoms with E-state index in [-0.39, 0.29) is 6.03 Å². The van der Waals surface area contributed by atoms with Crippen LogP contribution in [0.1, 0.15) is 42.1 Å². The maximum Gasteiger partial charge on any atom is 0.342 e. The van der Waals surface area contributed by atoms with Crippen molar-refractivity contribution in [3.8, 4) is 11.3 Å². The van der Waals surface area contributed by atoms with Crippen molar-refractivity contribution in [3.63, 3.8) is 0 Å². The van der Waals surface area contributed by atoms with Gasteiger partial charge in [-0.3, -0.25) is 9.97 Å². The smallest absolute Gasteiger partial charge is 0.332 e. The minimum atomic E-state index is -0.263. The molecular formula is C26H27N5O. The largest absolute Gasteiger partial charge is 0.342 e. The lowest BCUT2D eigenvalue weighted by Crippen LogP contribution is -2.28. The molecule has 3 heterocycles. The molecule has 6 heteroatoms. The van der Waals surface area contributed by atoms with Crippen LogP contribution in [0, 0.1) is 13.8 Å². The molecule has 0 saturated carbocycles. The molecule has 1 N–H and O–H groups in total. The summed E-state index contributed by atoms with van der Waals surface area (Å²) in [6, 6.07) is 5.76. The molecule has 0 radical (unpaired) electrons. The molecule has 4 rings (SSSR count). The first-order valence-electron chi connectivity index (χ1n) is 10.8. The Balaban J connectivity index is 1.41. The van der Waals surface area contributed by atoms with Gasteiger partial charge in [0, 0.05) is 42.0 Å². The van der Waals surface area contributed by atoms with Gasteiger partial charge in [0.25, 0.3) is 0 Å². The van der Waals surface area contributed by atoms with E-state index < -0.39 is 0 Å². The molecule has 162 valence electrons. The number of pyridine rings is 2. The number of carbonyl (C=O) groups excluding carboxylic acids is 1. The van der Waals surface area contributed by atoms with Crippen molar-refractivity contribution in [2.24, 2.45) is 0 Å². The van der Waals surface area contributed by atoms with E-state index in [1.54, 1.807) is 24.8 Å². The molecule has 1 amide bonds. The van der Waals surface area contributed by atoms with Crippen molar-refractivity contribution >= 4 is 11.6 Å². The van der Waals surface area contributed by atoms with Crippen LogP contribution < -0.4 is 5.32 Å². The van der Waals surface area contributed by atoms with Gasteiger partial charge in [0.15, 0.2) is 0 Å².